The summed E-state index contributed by atoms with van der Waals surface area (Å²) in [7, 11) is 0. The summed E-state index contributed by atoms with van der Waals surface area (Å²) in [4.78, 5) is 32.9. The first kappa shape index (κ1) is 16.7. The quantitative estimate of drug-likeness (QED) is 0.544. The van der Waals surface area contributed by atoms with Crippen molar-refractivity contribution in [3.8, 4) is 11.3 Å². The van der Waals surface area contributed by atoms with Gasteiger partial charge in [0.15, 0.2) is 0 Å². The van der Waals surface area contributed by atoms with Crippen LogP contribution < -0.4 is 5.32 Å². The highest BCUT2D eigenvalue weighted by Crippen LogP contribution is 2.36. The predicted octanol–water partition coefficient (Wildman–Crippen LogP) is 3.76. The molecule has 0 aliphatic heterocycles. The Morgan fingerprint density at radius 2 is 1.85 bits per heavy atom. The molecule has 0 unspecified atom stereocenters. The normalized spacial score (nSPS) is 10.9. The average Bonchev–Trinajstić information content (AvgIpc) is 3.31. The third-order valence-corrected chi connectivity index (χ3v) is 4.05. The molecule has 3 aromatic heterocycles. The number of ether oxygens (including phenoxy) is 1. The van der Waals surface area contributed by atoms with Crippen molar-refractivity contribution in [2.45, 2.75) is 6.92 Å². The van der Waals surface area contributed by atoms with Crippen molar-refractivity contribution in [1.82, 2.24) is 9.97 Å². The lowest BCUT2D eigenvalue weighted by molar-refractivity contribution is 0.0526. The lowest BCUT2D eigenvalue weighted by Gasteiger charge is -2.08. The summed E-state index contributed by atoms with van der Waals surface area (Å²) < 4.78 is 10.6. The molecule has 27 heavy (non-hydrogen) atoms. The van der Waals surface area contributed by atoms with Gasteiger partial charge < -0.3 is 14.5 Å². The number of aromatic nitrogens is 2. The zero-order valence-corrected chi connectivity index (χ0v) is 14.4. The molecule has 7 nitrogen and oxygen atoms in total. The number of benzene rings is 2. The molecule has 1 amide bonds. The molecule has 0 saturated carbocycles. The Bertz CT molecular complexity index is 1090. The van der Waals surface area contributed by atoms with Crippen LogP contribution in [0.25, 0.3) is 22.4 Å². The van der Waals surface area contributed by atoms with Gasteiger partial charge in [0, 0.05) is 18.1 Å². The summed E-state index contributed by atoms with van der Waals surface area (Å²) >= 11 is 0. The molecule has 0 aliphatic carbocycles. The summed E-state index contributed by atoms with van der Waals surface area (Å²) in [6.45, 7) is 2.05. The van der Waals surface area contributed by atoms with Crippen LogP contribution in [0.3, 0.4) is 0 Å². The van der Waals surface area contributed by atoms with Gasteiger partial charge in [-0.2, -0.15) is 0 Å². The zero-order valence-electron chi connectivity index (χ0n) is 14.4. The summed E-state index contributed by atoms with van der Waals surface area (Å²) in [5.41, 5.74) is 3.61. The van der Waals surface area contributed by atoms with Crippen molar-refractivity contribution in [1.29, 1.82) is 0 Å². The molecule has 1 aromatic carbocycles. The van der Waals surface area contributed by atoms with E-state index in [4.69, 9.17) is 9.15 Å². The fraction of sp³-hybridized carbons (Fsp3) is 0.100. The average molecular weight is 361 g/mol. The van der Waals surface area contributed by atoms with Crippen LogP contribution in [-0.4, -0.2) is 28.5 Å². The molecule has 0 radical (unpaired) electrons. The van der Waals surface area contributed by atoms with E-state index < -0.39 is 5.97 Å². The molecule has 4 rings (SSSR count). The number of carbonyl (C=O) groups excluding carboxylic acids is 2. The van der Waals surface area contributed by atoms with Gasteiger partial charge in [-0.1, -0.05) is 0 Å². The number of fused-ring (bicyclic) bond motifs is 2. The van der Waals surface area contributed by atoms with Crippen LogP contribution in [0.4, 0.5) is 5.69 Å². The van der Waals surface area contributed by atoms with E-state index in [9.17, 15) is 9.59 Å². The van der Waals surface area contributed by atoms with E-state index in [0.29, 0.717) is 45.8 Å². The minimum atomic E-state index is -0.401. The molecule has 7 heteroatoms. The van der Waals surface area contributed by atoms with Gasteiger partial charge in [-0.05, 0) is 43.3 Å². The van der Waals surface area contributed by atoms with E-state index in [1.165, 1.54) is 0 Å². The maximum absolute atomic E-state index is 12.9. The second kappa shape index (κ2) is 6.87. The summed E-state index contributed by atoms with van der Waals surface area (Å²) in [5.74, 6) is -0.726. The second-order valence-corrected chi connectivity index (χ2v) is 5.76. The van der Waals surface area contributed by atoms with Gasteiger partial charge in [0.05, 0.1) is 35.2 Å². The molecule has 0 fully saturated rings. The molecule has 0 atom stereocenters. The van der Waals surface area contributed by atoms with Crippen molar-refractivity contribution in [2.75, 3.05) is 11.9 Å². The van der Waals surface area contributed by atoms with Crippen LogP contribution in [0, 0.1) is 0 Å². The highest BCUT2D eigenvalue weighted by Gasteiger charge is 2.25. The number of carbonyl (C=O) groups is 2. The van der Waals surface area contributed by atoms with Gasteiger partial charge in [-0.15, -0.1) is 0 Å². The Hall–Kier alpha value is -3.74. The predicted molar refractivity (Wildman–Crippen MR) is 98.8 cm³/mol. The van der Waals surface area contributed by atoms with E-state index in [1.54, 1.807) is 61.9 Å². The summed E-state index contributed by atoms with van der Waals surface area (Å²) in [6, 6.07) is 10.0. The summed E-state index contributed by atoms with van der Waals surface area (Å²) in [5, 5.41) is 2.82. The van der Waals surface area contributed by atoms with E-state index in [0.717, 1.165) is 0 Å². The molecule has 1 N–H and O–H groups in total. The maximum Gasteiger partial charge on any atom is 0.338 e. The third-order valence-electron chi connectivity index (χ3n) is 4.05. The van der Waals surface area contributed by atoms with Crippen LogP contribution >= 0.6 is 0 Å². The molecule has 0 aliphatic rings. The van der Waals surface area contributed by atoms with E-state index in [-0.39, 0.29) is 5.91 Å². The molecule has 2 bridgehead atoms. The third kappa shape index (κ3) is 3.10. The minimum Gasteiger partial charge on any atom is -0.462 e. The van der Waals surface area contributed by atoms with Crippen LogP contribution in [0.15, 0.2) is 59.4 Å². The number of nitrogens with zero attached hydrogens (tertiary/aromatic N) is 2. The van der Waals surface area contributed by atoms with Gasteiger partial charge in [-0.25, -0.2) is 4.79 Å². The summed E-state index contributed by atoms with van der Waals surface area (Å²) in [6.07, 6.45) is 4.71. The number of furan rings is 2. The molecular weight excluding hydrogens is 346 g/mol. The lowest BCUT2D eigenvalue weighted by Crippen LogP contribution is -2.13. The number of nitrogens with one attached hydrogen (secondary N) is 1. The van der Waals surface area contributed by atoms with Crippen molar-refractivity contribution >= 4 is 28.7 Å². The Labute approximate surface area is 154 Å². The zero-order chi connectivity index (χ0) is 18.8. The van der Waals surface area contributed by atoms with E-state index in [2.05, 4.69) is 15.3 Å². The molecule has 3 heterocycles. The minimum absolute atomic E-state index is 0.307. The number of anilines is 1. The first-order valence-corrected chi connectivity index (χ1v) is 8.37. The lowest BCUT2D eigenvalue weighted by atomic mass is 10.0. The second-order valence-electron chi connectivity index (χ2n) is 5.76. The van der Waals surface area contributed by atoms with E-state index in [1.807, 2.05) is 0 Å². The van der Waals surface area contributed by atoms with Crippen molar-refractivity contribution in [3.63, 3.8) is 0 Å². The van der Waals surface area contributed by atoms with Gasteiger partial charge in [0.25, 0.3) is 5.91 Å². The van der Waals surface area contributed by atoms with Gasteiger partial charge in [0.2, 0.25) is 0 Å². The molecular formula is C20H15N3O4. The number of rotatable bonds is 5. The largest absolute Gasteiger partial charge is 0.462 e. The van der Waals surface area contributed by atoms with E-state index >= 15 is 0 Å². The number of amides is 1. The number of hydrogen-bond donors (Lipinski definition) is 1. The van der Waals surface area contributed by atoms with Gasteiger partial charge >= 0.3 is 5.97 Å². The Kier molecular flexibility index (Phi) is 4.25. The topological polar surface area (TPSA) is 94.3 Å². The fourth-order valence-electron chi connectivity index (χ4n) is 2.86. The van der Waals surface area contributed by atoms with Gasteiger partial charge in [0.1, 0.15) is 11.2 Å². The first-order valence-electron chi connectivity index (χ1n) is 8.37. The number of hydrogen-bond acceptors (Lipinski definition) is 6. The monoisotopic (exact) mass is 361 g/mol. The smallest absolute Gasteiger partial charge is 0.338 e. The SMILES string of the molecule is CCOC(=O)c1ccc(NC(=O)c2c(-c3cnccn3)c3ccc2o3)cc1. The molecule has 134 valence electrons. The standard InChI is InChI=1S/C20H15N3O4/c1-2-26-20(25)12-3-5-13(6-4-12)23-19(24)18-16-8-7-15(27-16)17(18)14-11-21-9-10-22-14/h3-11H,2H2,1H3,(H,23,24). The molecule has 0 saturated heterocycles. The van der Waals surface area contributed by atoms with Gasteiger partial charge in [-0.3, -0.25) is 14.8 Å². The Balaban J connectivity index is 1.61. The highest BCUT2D eigenvalue weighted by atomic mass is 16.5. The van der Waals surface area contributed by atoms with Crippen LogP contribution in [0.1, 0.15) is 27.6 Å². The van der Waals surface area contributed by atoms with Crippen LogP contribution in [0.2, 0.25) is 0 Å². The van der Waals surface area contributed by atoms with Crippen LogP contribution in [-0.2, 0) is 4.74 Å². The Morgan fingerprint density at radius 1 is 1.07 bits per heavy atom. The maximum atomic E-state index is 12.9. The fourth-order valence-corrected chi connectivity index (χ4v) is 2.86. The first-order chi connectivity index (χ1) is 13.2. The van der Waals surface area contributed by atoms with Crippen molar-refractivity contribution < 1.29 is 18.7 Å². The molecule has 0 spiro atoms. The number of esters is 1. The highest BCUT2D eigenvalue weighted by molar-refractivity contribution is 6.16. The van der Waals surface area contributed by atoms with Crippen molar-refractivity contribution in [3.05, 3.63) is 66.1 Å². The van der Waals surface area contributed by atoms with Crippen molar-refractivity contribution in [2.24, 2.45) is 0 Å². The van der Waals surface area contributed by atoms with Crippen LogP contribution in [0.5, 0.6) is 0 Å². The Morgan fingerprint density at radius 3 is 2.56 bits per heavy atom. The molecule has 4 aromatic rings.